The van der Waals surface area contributed by atoms with Gasteiger partial charge in [0.15, 0.2) is 5.82 Å². The largest absolute Gasteiger partial charge is 0.397 e. The maximum Gasteiger partial charge on any atom is 0.150 e. The first kappa shape index (κ1) is 11.9. The predicted molar refractivity (Wildman–Crippen MR) is 67.8 cm³/mol. The summed E-state index contributed by atoms with van der Waals surface area (Å²) >= 11 is 0. The van der Waals surface area contributed by atoms with Gasteiger partial charge in [0.2, 0.25) is 0 Å². The summed E-state index contributed by atoms with van der Waals surface area (Å²) in [6.45, 7) is 0. The van der Waals surface area contributed by atoms with Crippen LogP contribution in [0.4, 0.5) is 21.6 Å². The highest BCUT2D eigenvalue weighted by molar-refractivity contribution is 5.66. The molecule has 0 atom stereocenters. The number of anilines is 3. The Bertz CT molecular complexity index is 601. The first-order valence-corrected chi connectivity index (χ1v) is 5.26. The molecular weight excluding hydrogens is 231 g/mol. The van der Waals surface area contributed by atoms with E-state index in [-0.39, 0.29) is 5.82 Å². The molecular formula is C13H11FN4. The van der Waals surface area contributed by atoms with E-state index in [0.29, 0.717) is 17.1 Å². The third kappa shape index (κ3) is 2.23. The first-order chi connectivity index (χ1) is 8.61. The highest BCUT2D eigenvalue weighted by atomic mass is 19.1. The van der Waals surface area contributed by atoms with Crippen molar-refractivity contribution < 1.29 is 4.39 Å². The fourth-order valence-electron chi connectivity index (χ4n) is 1.61. The summed E-state index contributed by atoms with van der Waals surface area (Å²) in [5.41, 5.74) is 7.13. The van der Waals surface area contributed by atoms with Crippen LogP contribution in [0.2, 0.25) is 0 Å². The average Bonchev–Trinajstić information content (AvgIpc) is 2.38. The Morgan fingerprint density at radius 2 is 2.00 bits per heavy atom. The smallest absolute Gasteiger partial charge is 0.150 e. The van der Waals surface area contributed by atoms with E-state index in [2.05, 4.69) is 4.98 Å². The lowest BCUT2D eigenvalue weighted by atomic mass is 10.2. The number of rotatable bonds is 2. The number of benzene rings is 1. The summed E-state index contributed by atoms with van der Waals surface area (Å²) in [4.78, 5) is 5.84. The zero-order valence-corrected chi connectivity index (χ0v) is 9.76. The van der Waals surface area contributed by atoms with Crippen LogP contribution < -0.4 is 10.6 Å². The molecule has 0 saturated heterocycles. The highest BCUT2D eigenvalue weighted by Gasteiger charge is 2.11. The molecule has 4 nitrogen and oxygen atoms in total. The zero-order chi connectivity index (χ0) is 13.1. The first-order valence-electron chi connectivity index (χ1n) is 5.26. The summed E-state index contributed by atoms with van der Waals surface area (Å²) in [5, 5.41) is 9.05. The van der Waals surface area contributed by atoms with Crippen molar-refractivity contribution in [1.82, 2.24) is 4.98 Å². The van der Waals surface area contributed by atoms with E-state index in [0.717, 1.165) is 5.69 Å². The van der Waals surface area contributed by atoms with Gasteiger partial charge in [-0.15, -0.1) is 0 Å². The van der Waals surface area contributed by atoms with Crippen molar-refractivity contribution in [2.24, 2.45) is 0 Å². The summed E-state index contributed by atoms with van der Waals surface area (Å²) in [5.74, 6) is 0.177. The number of pyridine rings is 1. The number of halogens is 1. The third-order valence-corrected chi connectivity index (χ3v) is 2.54. The Morgan fingerprint density at radius 3 is 2.61 bits per heavy atom. The Morgan fingerprint density at radius 1 is 1.33 bits per heavy atom. The Balaban J connectivity index is 2.43. The van der Waals surface area contributed by atoms with E-state index in [1.165, 1.54) is 18.3 Å². The van der Waals surface area contributed by atoms with Gasteiger partial charge in [-0.1, -0.05) is 0 Å². The molecule has 0 amide bonds. The van der Waals surface area contributed by atoms with Crippen LogP contribution in [0.3, 0.4) is 0 Å². The molecule has 1 aromatic heterocycles. The van der Waals surface area contributed by atoms with Gasteiger partial charge in [-0.2, -0.15) is 5.26 Å². The van der Waals surface area contributed by atoms with Crippen LogP contribution in [-0.4, -0.2) is 12.0 Å². The fraction of sp³-hybridized carbons (Fsp3) is 0.0769. The Labute approximate surface area is 104 Å². The van der Waals surface area contributed by atoms with E-state index in [9.17, 15) is 4.39 Å². The van der Waals surface area contributed by atoms with Crippen LogP contribution in [0, 0.1) is 17.1 Å². The number of nitrogen functional groups attached to an aromatic ring is 1. The van der Waals surface area contributed by atoms with Crippen LogP contribution in [0.25, 0.3) is 0 Å². The third-order valence-electron chi connectivity index (χ3n) is 2.54. The fourth-order valence-corrected chi connectivity index (χ4v) is 1.61. The summed E-state index contributed by atoms with van der Waals surface area (Å²) in [7, 11) is 1.76. The van der Waals surface area contributed by atoms with Gasteiger partial charge in [0.05, 0.1) is 17.4 Å². The van der Waals surface area contributed by atoms with Crippen molar-refractivity contribution in [3.8, 4) is 6.07 Å². The molecule has 0 aliphatic rings. The van der Waals surface area contributed by atoms with Gasteiger partial charge in [0.25, 0.3) is 0 Å². The molecule has 0 radical (unpaired) electrons. The molecule has 0 bridgehead atoms. The number of nitriles is 1. The maximum absolute atomic E-state index is 12.8. The van der Waals surface area contributed by atoms with Crippen LogP contribution in [0.15, 0.2) is 36.5 Å². The Hall–Kier alpha value is -2.61. The van der Waals surface area contributed by atoms with E-state index in [4.69, 9.17) is 11.0 Å². The number of nitrogens with zero attached hydrogens (tertiary/aromatic N) is 3. The molecule has 5 heteroatoms. The molecule has 1 aromatic carbocycles. The molecule has 2 N–H and O–H groups in total. The summed E-state index contributed by atoms with van der Waals surface area (Å²) in [6.07, 6.45) is 1.48. The van der Waals surface area contributed by atoms with Crippen LogP contribution in [0.1, 0.15) is 5.56 Å². The van der Waals surface area contributed by atoms with Crippen LogP contribution >= 0.6 is 0 Å². The molecule has 0 aliphatic carbocycles. The Kier molecular flexibility index (Phi) is 3.11. The van der Waals surface area contributed by atoms with Crippen LogP contribution in [-0.2, 0) is 0 Å². The van der Waals surface area contributed by atoms with E-state index < -0.39 is 0 Å². The molecule has 18 heavy (non-hydrogen) atoms. The minimum Gasteiger partial charge on any atom is -0.397 e. The topological polar surface area (TPSA) is 65.9 Å². The van der Waals surface area contributed by atoms with Gasteiger partial charge in [-0.25, -0.2) is 9.37 Å². The molecule has 0 unspecified atom stereocenters. The highest BCUT2D eigenvalue weighted by Crippen LogP contribution is 2.25. The minimum atomic E-state index is -0.307. The summed E-state index contributed by atoms with van der Waals surface area (Å²) < 4.78 is 12.8. The van der Waals surface area contributed by atoms with E-state index in [1.807, 2.05) is 6.07 Å². The second-order valence-corrected chi connectivity index (χ2v) is 3.79. The van der Waals surface area contributed by atoms with E-state index in [1.54, 1.807) is 30.1 Å². The molecule has 0 saturated carbocycles. The number of aromatic nitrogens is 1. The van der Waals surface area contributed by atoms with Crippen LogP contribution in [0.5, 0.6) is 0 Å². The monoisotopic (exact) mass is 242 g/mol. The number of nitrogens with two attached hydrogens (primary N) is 1. The molecule has 1 heterocycles. The predicted octanol–water partition coefficient (Wildman–Crippen LogP) is 2.44. The lowest BCUT2D eigenvalue weighted by Crippen LogP contribution is -2.13. The second-order valence-electron chi connectivity index (χ2n) is 3.79. The van der Waals surface area contributed by atoms with Crippen molar-refractivity contribution in [2.75, 3.05) is 17.7 Å². The molecule has 2 rings (SSSR count). The molecule has 0 spiro atoms. The van der Waals surface area contributed by atoms with Gasteiger partial charge >= 0.3 is 0 Å². The van der Waals surface area contributed by atoms with Crippen molar-refractivity contribution >= 4 is 17.2 Å². The summed E-state index contributed by atoms with van der Waals surface area (Å²) in [6, 6.07) is 9.55. The van der Waals surface area contributed by atoms with Crippen molar-refractivity contribution in [1.29, 1.82) is 5.26 Å². The lowest BCUT2D eigenvalue weighted by Gasteiger charge is -2.19. The van der Waals surface area contributed by atoms with Crippen molar-refractivity contribution in [3.05, 3.63) is 47.9 Å². The van der Waals surface area contributed by atoms with Gasteiger partial charge in [-0.05, 0) is 30.3 Å². The second kappa shape index (κ2) is 4.72. The normalized spacial score (nSPS) is 9.83. The van der Waals surface area contributed by atoms with Gasteiger partial charge < -0.3 is 10.6 Å². The molecule has 0 fully saturated rings. The SMILES string of the molecule is CN(c1ccc(F)cc1)c1ncc(N)cc1C#N. The van der Waals surface area contributed by atoms with Gasteiger partial charge in [0.1, 0.15) is 11.9 Å². The quantitative estimate of drug-likeness (QED) is 0.878. The molecule has 0 aliphatic heterocycles. The molecule has 90 valence electrons. The van der Waals surface area contributed by atoms with Crippen molar-refractivity contribution in [3.63, 3.8) is 0 Å². The van der Waals surface area contributed by atoms with Gasteiger partial charge in [0, 0.05) is 12.7 Å². The minimum absolute atomic E-state index is 0.307. The number of hydrogen-bond donors (Lipinski definition) is 1. The lowest BCUT2D eigenvalue weighted by molar-refractivity contribution is 0.628. The number of hydrogen-bond acceptors (Lipinski definition) is 4. The standard InChI is InChI=1S/C13H11FN4/c1-18(12-4-2-10(14)3-5-12)13-9(7-15)6-11(16)8-17-13/h2-6,8H,16H2,1H3. The van der Waals surface area contributed by atoms with Crippen molar-refractivity contribution in [2.45, 2.75) is 0 Å². The maximum atomic E-state index is 12.8. The van der Waals surface area contributed by atoms with E-state index >= 15 is 0 Å². The average molecular weight is 242 g/mol. The molecule has 2 aromatic rings. The zero-order valence-electron chi connectivity index (χ0n) is 9.76. The van der Waals surface area contributed by atoms with Gasteiger partial charge in [-0.3, -0.25) is 0 Å².